The molecule has 0 bridgehead atoms. The molecule has 0 spiro atoms. The maximum Gasteiger partial charge on any atom is 0.238 e. The van der Waals surface area contributed by atoms with E-state index in [0.29, 0.717) is 12.8 Å². The molecule has 0 saturated carbocycles. The Morgan fingerprint density at radius 3 is 1.85 bits per heavy atom. The summed E-state index contributed by atoms with van der Waals surface area (Å²) in [6, 6.07) is -2.11. The molecule has 9 nitrogen and oxygen atoms in total. The summed E-state index contributed by atoms with van der Waals surface area (Å²) in [6.45, 7) is 1.62. The molecule has 4 unspecified atom stereocenters. The Bertz CT molecular complexity index is 471. The Balaban J connectivity index is 4.24. The van der Waals surface area contributed by atoms with E-state index in [1.54, 1.807) is 6.92 Å². The van der Waals surface area contributed by atoms with Gasteiger partial charge < -0.3 is 10.2 Å². The SMILES string of the molecule is CCC(C(O)C/C=C\CC(O)C(CCCCCCC[C]=O)[N+](=O)[O-])[N+](=O)[O-]. The second-order valence-corrected chi connectivity index (χ2v) is 6.64. The van der Waals surface area contributed by atoms with Gasteiger partial charge in [0.05, 0.1) is 0 Å². The molecule has 4 atom stereocenters. The van der Waals surface area contributed by atoms with Gasteiger partial charge in [0, 0.05) is 29.1 Å². The van der Waals surface area contributed by atoms with Crippen molar-refractivity contribution < 1.29 is 24.9 Å². The van der Waals surface area contributed by atoms with E-state index in [2.05, 4.69) is 0 Å². The fourth-order valence-electron chi connectivity index (χ4n) is 2.87. The van der Waals surface area contributed by atoms with Gasteiger partial charge in [-0.05, 0) is 25.7 Å². The first-order chi connectivity index (χ1) is 12.8. The normalized spacial score (nSPS) is 16.0. The van der Waals surface area contributed by atoms with Crippen LogP contribution < -0.4 is 0 Å². The molecule has 0 aromatic heterocycles. The van der Waals surface area contributed by atoms with Gasteiger partial charge in [0.1, 0.15) is 12.2 Å². The van der Waals surface area contributed by atoms with Crippen LogP contribution in [-0.2, 0) is 4.79 Å². The summed E-state index contributed by atoms with van der Waals surface area (Å²) in [6.07, 6.45) is 7.57. The number of nitrogens with zero attached hydrogens (tertiary/aromatic N) is 2. The van der Waals surface area contributed by atoms with Gasteiger partial charge in [-0.25, -0.2) is 0 Å². The van der Waals surface area contributed by atoms with Crippen molar-refractivity contribution in [1.82, 2.24) is 0 Å². The maximum absolute atomic E-state index is 11.2. The molecule has 0 rings (SSSR count). The second-order valence-electron chi connectivity index (χ2n) is 6.64. The van der Waals surface area contributed by atoms with Crippen LogP contribution in [0.5, 0.6) is 0 Å². The molecule has 0 aliphatic carbocycles. The minimum atomic E-state index is -1.14. The van der Waals surface area contributed by atoms with Gasteiger partial charge in [-0.15, -0.1) is 0 Å². The highest BCUT2D eigenvalue weighted by molar-refractivity contribution is 5.50. The fourth-order valence-corrected chi connectivity index (χ4v) is 2.87. The zero-order valence-corrected chi connectivity index (χ0v) is 15.9. The van der Waals surface area contributed by atoms with Crippen LogP contribution in [0.25, 0.3) is 0 Å². The van der Waals surface area contributed by atoms with Crippen molar-refractivity contribution in [2.24, 2.45) is 0 Å². The molecule has 0 aliphatic rings. The Morgan fingerprint density at radius 2 is 1.37 bits per heavy atom. The topological polar surface area (TPSA) is 144 Å². The zero-order valence-electron chi connectivity index (χ0n) is 15.9. The first-order valence-electron chi connectivity index (χ1n) is 9.48. The highest BCUT2D eigenvalue weighted by Crippen LogP contribution is 2.15. The standard InChI is InChI=1S/C18H31N2O7/c1-2-15(19(24)25)17(22)12-8-9-13-18(23)16(20(26)27)11-7-5-3-4-6-10-14-21/h8-9,15-18,22-23H,2-7,10-13H2,1H3/b9-8-. The molecule has 0 aliphatic heterocycles. The largest absolute Gasteiger partial charge is 0.386 e. The van der Waals surface area contributed by atoms with E-state index in [4.69, 9.17) is 0 Å². The number of aliphatic hydroxyl groups is 2. The number of hydrogen-bond acceptors (Lipinski definition) is 7. The summed E-state index contributed by atoms with van der Waals surface area (Å²) in [5.74, 6) is 0. The van der Waals surface area contributed by atoms with Crippen molar-refractivity contribution in [3.63, 3.8) is 0 Å². The Hall–Kier alpha value is -1.87. The monoisotopic (exact) mass is 387 g/mol. The molecule has 0 aromatic carbocycles. The Kier molecular flexibility index (Phi) is 14.2. The molecular formula is C18H31N2O7. The van der Waals surface area contributed by atoms with Gasteiger partial charge in [-0.3, -0.25) is 25.0 Å². The van der Waals surface area contributed by atoms with Crippen molar-refractivity contribution in [3.05, 3.63) is 32.4 Å². The number of hydrogen-bond donors (Lipinski definition) is 2. The van der Waals surface area contributed by atoms with E-state index >= 15 is 0 Å². The van der Waals surface area contributed by atoms with Crippen molar-refractivity contribution in [3.8, 4) is 0 Å². The third kappa shape index (κ3) is 11.4. The van der Waals surface area contributed by atoms with Gasteiger partial charge in [0.15, 0.2) is 6.29 Å². The summed E-state index contributed by atoms with van der Waals surface area (Å²) in [7, 11) is 0. The molecule has 0 heterocycles. The van der Waals surface area contributed by atoms with Crippen LogP contribution in [0.4, 0.5) is 0 Å². The van der Waals surface area contributed by atoms with Crippen LogP contribution in [0.15, 0.2) is 12.2 Å². The van der Waals surface area contributed by atoms with Crippen LogP contribution in [0.3, 0.4) is 0 Å². The first-order valence-corrected chi connectivity index (χ1v) is 9.48. The van der Waals surface area contributed by atoms with Gasteiger partial charge in [0.25, 0.3) is 0 Å². The molecule has 1 radical (unpaired) electrons. The van der Waals surface area contributed by atoms with Gasteiger partial charge in [-0.2, -0.15) is 0 Å². The van der Waals surface area contributed by atoms with Gasteiger partial charge in [0.2, 0.25) is 12.1 Å². The molecule has 0 fully saturated rings. The highest BCUT2D eigenvalue weighted by Gasteiger charge is 2.29. The van der Waals surface area contributed by atoms with E-state index in [1.807, 2.05) is 6.29 Å². The number of aliphatic hydroxyl groups excluding tert-OH is 2. The second kappa shape index (κ2) is 15.2. The first kappa shape index (κ1) is 25.1. The Morgan fingerprint density at radius 1 is 0.889 bits per heavy atom. The lowest BCUT2D eigenvalue weighted by molar-refractivity contribution is -0.535. The van der Waals surface area contributed by atoms with Crippen LogP contribution >= 0.6 is 0 Å². The van der Waals surface area contributed by atoms with E-state index in [-0.39, 0.29) is 25.7 Å². The number of unbranched alkanes of at least 4 members (excludes halogenated alkanes) is 5. The summed E-state index contributed by atoms with van der Waals surface area (Å²) in [5.41, 5.74) is 0. The molecule has 0 amide bonds. The smallest absolute Gasteiger partial charge is 0.238 e. The van der Waals surface area contributed by atoms with Crippen LogP contribution in [-0.4, -0.2) is 50.6 Å². The van der Waals surface area contributed by atoms with E-state index in [9.17, 15) is 35.2 Å². The minimum Gasteiger partial charge on any atom is -0.386 e. The van der Waals surface area contributed by atoms with Crippen molar-refractivity contribution in [2.45, 2.75) is 95.4 Å². The molecule has 9 heteroatoms. The van der Waals surface area contributed by atoms with E-state index < -0.39 is 34.1 Å². The minimum absolute atomic E-state index is 0.0583. The van der Waals surface area contributed by atoms with E-state index in [1.165, 1.54) is 12.2 Å². The molecule has 0 aromatic rings. The summed E-state index contributed by atoms with van der Waals surface area (Å²) >= 11 is 0. The molecule has 2 N–H and O–H groups in total. The lowest BCUT2D eigenvalue weighted by Gasteiger charge is -2.15. The molecular weight excluding hydrogens is 356 g/mol. The summed E-state index contributed by atoms with van der Waals surface area (Å²) in [5, 5.41) is 41.8. The summed E-state index contributed by atoms with van der Waals surface area (Å²) < 4.78 is 0. The number of carbonyl (C=O) groups excluding carboxylic acids is 1. The van der Waals surface area contributed by atoms with Crippen LogP contribution in [0, 0.1) is 20.2 Å². The van der Waals surface area contributed by atoms with Gasteiger partial charge >= 0.3 is 0 Å². The Labute approximate surface area is 159 Å². The van der Waals surface area contributed by atoms with Crippen molar-refractivity contribution in [2.75, 3.05) is 0 Å². The quantitative estimate of drug-likeness (QED) is 0.169. The van der Waals surface area contributed by atoms with E-state index in [0.717, 1.165) is 25.7 Å². The maximum atomic E-state index is 11.2. The lowest BCUT2D eigenvalue weighted by atomic mass is 9.99. The molecule has 155 valence electrons. The van der Waals surface area contributed by atoms with Gasteiger partial charge in [-0.1, -0.05) is 38.3 Å². The van der Waals surface area contributed by atoms with Crippen LogP contribution in [0.1, 0.15) is 71.1 Å². The van der Waals surface area contributed by atoms with Crippen molar-refractivity contribution in [1.29, 1.82) is 0 Å². The zero-order chi connectivity index (χ0) is 20.7. The third-order valence-corrected chi connectivity index (χ3v) is 4.55. The molecule has 0 saturated heterocycles. The third-order valence-electron chi connectivity index (χ3n) is 4.55. The lowest BCUT2D eigenvalue weighted by Crippen LogP contribution is -2.33. The average Bonchev–Trinajstić information content (AvgIpc) is 2.60. The van der Waals surface area contributed by atoms with Crippen LogP contribution in [0.2, 0.25) is 0 Å². The predicted octanol–water partition coefficient (Wildman–Crippen LogP) is 2.59. The number of nitro groups is 2. The highest BCUT2D eigenvalue weighted by atomic mass is 16.6. The average molecular weight is 387 g/mol. The molecule has 27 heavy (non-hydrogen) atoms. The number of rotatable bonds is 17. The fraction of sp³-hybridized carbons (Fsp3) is 0.833. The summed E-state index contributed by atoms with van der Waals surface area (Å²) in [4.78, 5) is 31.0. The predicted molar refractivity (Wildman–Crippen MR) is 100 cm³/mol. The van der Waals surface area contributed by atoms with Crippen molar-refractivity contribution >= 4 is 6.29 Å².